The van der Waals surface area contributed by atoms with Crippen LogP contribution in [0.2, 0.25) is 0 Å². The molecule has 1 aromatic heterocycles. The molecular formula is C15H21NO3S. The summed E-state index contributed by atoms with van der Waals surface area (Å²) in [5.41, 5.74) is 1.27. The van der Waals surface area contributed by atoms with Gasteiger partial charge in [-0.2, -0.15) is 0 Å². The number of nitrogens with one attached hydrogen (secondary N) is 1. The number of aliphatic carboxylic acids is 1. The lowest BCUT2D eigenvalue weighted by Gasteiger charge is -2.16. The molecule has 1 unspecified atom stereocenters. The van der Waals surface area contributed by atoms with Crippen LogP contribution in [-0.2, 0) is 17.6 Å². The van der Waals surface area contributed by atoms with Crippen molar-refractivity contribution in [1.82, 2.24) is 5.32 Å². The third-order valence-corrected chi connectivity index (χ3v) is 4.97. The van der Waals surface area contributed by atoms with E-state index >= 15 is 0 Å². The molecule has 1 aliphatic carbocycles. The molecule has 5 heteroatoms. The van der Waals surface area contributed by atoms with Crippen molar-refractivity contribution in [2.75, 3.05) is 0 Å². The highest BCUT2D eigenvalue weighted by Crippen LogP contribution is 2.32. The second kappa shape index (κ2) is 6.39. The van der Waals surface area contributed by atoms with E-state index in [0.717, 1.165) is 19.3 Å². The van der Waals surface area contributed by atoms with Gasteiger partial charge in [-0.05, 0) is 43.2 Å². The van der Waals surface area contributed by atoms with Crippen LogP contribution < -0.4 is 5.32 Å². The summed E-state index contributed by atoms with van der Waals surface area (Å²) in [4.78, 5) is 25.2. The number of carboxylic acid groups (broad SMARTS) is 1. The van der Waals surface area contributed by atoms with Gasteiger partial charge in [-0.1, -0.05) is 20.3 Å². The molecule has 0 saturated heterocycles. The second-order valence-electron chi connectivity index (χ2n) is 5.56. The molecule has 2 N–H and O–H groups in total. The van der Waals surface area contributed by atoms with E-state index in [4.69, 9.17) is 5.11 Å². The van der Waals surface area contributed by atoms with E-state index in [9.17, 15) is 9.59 Å². The number of rotatable bonds is 5. The summed E-state index contributed by atoms with van der Waals surface area (Å²) < 4.78 is 0. The van der Waals surface area contributed by atoms with Gasteiger partial charge in [0.15, 0.2) is 0 Å². The van der Waals surface area contributed by atoms with E-state index in [0.29, 0.717) is 17.2 Å². The fraction of sp³-hybridized carbons (Fsp3) is 0.600. The Morgan fingerprint density at radius 2 is 2.30 bits per heavy atom. The number of hydrogen-bond acceptors (Lipinski definition) is 3. The van der Waals surface area contributed by atoms with Crippen LogP contribution in [0.5, 0.6) is 0 Å². The minimum Gasteiger partial charge on any atom is -0.480 e. The van der Waals surface area contributed by atoms with Crippen LogP contribution in [0.25, 0.3) is 0 Å². The summed E-state index contributed by atoms with van der Waals surface area (Å²) in [6, 6.07) is 1.15. The van der Waals surface area contributed by atoms with E-state index in [2.05, 4.69) is 12.2 Å². The van der Waals surface area contributed by atoms with Gasteiger partial charge in [0.2, 0.25) is 0 Å². The van der Waals surface area contributed by atoms with Gasteiger partial charge in [-0.15, -0.1) is 11.3 Å². The van der Waals surface area contributed by atoms with E-state index in [1.165, 1.54) is 28.2 Å². The van der Waals surface area contributed by atoms with Gasteiger partial charge in [-0.3, -0.25) is 4.79 Å². The first kappa shape index (κ1) is 15.0. The topological polar surface area (TPSA) is 66.4 Å². The molecule has 1 aromatic rings. The van der Waals surface area contributed by atoms with Crippen LogP contribution in [0, 0.1) is 5.92 Å². The Morgan fingerprint density at radius 3 is 2.95 bits per heavy atom. The normalized spacial score (nSPS) is 19.2. The molecule has 0 bridgehead atoms. The number of amides is 1. The van der Waals surface area contributed by atoms with Gasteiger partial charge in [0.05, 0.1) is 4.88 Å². The first-order valence-electron chi connectivity index (χ1n) is 7.16. The minimum atomic E-state index is -0.963. The van der Waals surface area contributed by atoms with Gasteiger partial charge in [0, 0.05) is 4.88 Å². The molecule has 0 fully saturated rings. The lowest BCUT2D eigenvalue weighted by Crippen LogP contribution is -2.40. The third kappa shape index (κ3) is 3.39. The molecule has 110 valence electrons. The predicted molar refractivity (Wildman–Crippen MR) is 79.3 cm³/mol. The van der Waals surface area contributed by atoms with E-state index in [1.54, 1.807) is 0 Å². The summed E-state index contributed by atoms with van der Waals surface area (Å²) >= 11 is 1.51. The van der Waals surface area contributed by atoms with Crippen LogP contribution in [-0.4, -0.2) is 23.0 Å². The average molecular weight is 295 g/mol. The predicted octanol–water partition coefficient (Wildman–Crippen LogP) is 2.86. The molecule has 1 amide bonds. The highest BCUT2D eigenvalue weighted by atomic mass is 32.1. The number of carboxylic acids is 1. The first-order valence-corrected chi connectivity index (χ1v) is 7.98. The standard InChI is InChI=1S/C15H21NO3S/c1-3-4-11(15(18)19)16-14(17)13-8-10-7-9(2)5-6-12(10)20-13/h8-9,11H,3-7H2,1-2H3,(H,16,17)(H,18,19)/t9?,11-/m1/s1. The summed E-state index contributed by atoms with van der Waals surface area (Å²) in [7, 11) is 0. The van der Waals surface area contributed by atoms with Crippen molar-refractivity contribution >= 4 is 23.2 Å². The van der Waals surface area contributed by atoms with E-state index in [-0.39, 0.29) is 5.91 Å². The molecular weight excluding hydrogens is 274 g/mol. The molecule has 2 rings (SSSR count). The molecule has 0 radical (unpaired) electrons. The Balaban J connectivity index is 2.08. The van der Waals surface area contributed by atoms with Crippen molar-refractivity contribution in [2.45, 2.75) is 52.0 Å². The smallest absolute Gasteiger partial charge is 0.326 e. The fourth-order valence-corrected chi connectivity index (χ4v) is 3.70. The van der Waals surface area contributed by atoms with Crippen LogP contribution in [0.3, 0.4) is 0 Å². The quantitative estimate of drug-likeness (QED) is 0.878. The monoisotopic (exact) mass is 295 g/mol. The zero-order chi connectivity index (χ0) is 14.7. The molecule has 0 aromatic carbocycles. The first-order chi connectivity index (χ1) is 9.51. The Morgan fingerprint density at radius 1 is 1.55 bits per heavy atom. The number of carbonyl (C=O) groups is 2. The van der Waals surface area contributed by atoms with Gasteiger partial charge in [0.25, 0.3) is 5.91 Å². The Labute approximate surface area is 123 Å². The van der Waals surface area contributed by atoms with E-state index in [1.807, 2.05) is 13.0 Å². The van der Waals surface area contributed by atoms with Crippen LogP contribution in [0.4, 0.5) is 0 Å². The highest BCUT2D eigenvalue weighted by molar-refractivity contribution is 7.14. The van der Waals surface area contributed by atoms with Gasteiger partial charge < -0.3 is 10.4 Å². The average Bonchev–Trinajstić information content (AvgIpc) is 2.80. The summed E-state index contributed by atoms with van der Waals surface area (Å²) in [6.07, 6.45) is 4.42. The van der Waals surface area contributed by atoms with Gasteiger partial charge in [0.1, 0.15) is 6.04 Å². The molecule has 20 heavy (non-hydrogen) atoms. The Hall–Kier alpha value is -1.36. The SMILES string of the molecule is CCC[C@@H](NC(=O)c1cc2c(s1)CCC(C)C2)C(=O)O. The maximum Gasteiger partial charge on any atom is 0.326 e. The number of aryl methyl sites for hydroxylation is 1. The number of fused-ring (bicyclic) bond motifs is 1. The Kier molecular flexibility index (Phi) is 4.81. The zero-order valence-electron chi connectivity index (χ0n) is 11.9. The van der Waals surface area contributed by atoms with Crippen molar-refractivity contribution in [2.24, 2.45) is 5.92 Å². The number of hydrogen-bond donors (Lipinski definition) is 2. The summed E-state index contributed by atoms with van der Waals surface area (Å²) in [5, 5.41) is 11.7. The van der Waals surface area contributed by atoms with Crippen molar-refractivity contribution < 1.29 is 14.7 Å². The lowest BCUT2D eigenvalue weighted by atomic mass is 9.90. The summed E-state index contributed by atoms with van der Waals surface area (Å²) in [6.45, 7) is 4.13. The van der Waals surface area contributed by atoms with Gasteiger partial charge >= 0.3 is 5.97 Å². The maximum absolute atomic E-state index is 12.2. The zero-order valence-corrected chi connectivity index (χ0v) is 12.8. The summed E-state index contributed by atoms with van der Waals surface area (Å²) in [5.74, 6) is -0.548. The lowest BCUT2D eigenvalue weighted by molar-refractivity contribution is -0.139. The van der Waals surface area contributed by atoms with Crippen LogP contribution in [0.15, 0.2) is 6.07 Å². The maximum atomic E-state index is 12.2. The van der Waals surface area contributed by atoms with Gasteiger partial charge in [-0.25, -0.2) is 4.79 Å². The molecule has 1 heterocycles. The van der Waals surface area contributed by atoms with Crippen molar-refractivity contribution in [3.8, 4) is 0 Å². The third-order valence-electron chi connectivity index (χ3n) is 3.73. The minimum absolute atomic E-state index is 0.252. The largest absolute Gasteiger partial charge is 0.480 e. The molecule has 0 aliphatic heterocycles. The second-order valence-corrected chi connectivity index (χ2v) is 6.70. The Bertz CT molecular complexity index is 509. The van der Waals surface area contributed by atoms with Crippen LogP contribution >= 0.6 is 11.3 Å². The number of carbonyl (C=O) groups excluding carboxylic acids is 1. The molecule has 0 spiro atoms. The van der Waals surface area contributed by atoms with Crippen LogP contribution in [0.1, 0.15) is 53.2 Å². The molecule has 0 saturated carbocycles. The van der Waals surface area contributed by atoms with E-state index < -0.39 is 12.0 Å². The fourth-order valence-electron chi connectivity index (χ4n) is 2.59. The van der Waals surface area contributed by atoms with Crippen molar-refractivity contribution in [3.05, 3.63) is 21.4 Å². The molecule has 4 nitrogen and oxygen atoms in total. The molecule has 1 aliphatic rings. The highest BCUT2D eigenvalue weighted by Gasteiger charge is 2.24. The van der Waals surface area contributed by atoms with Crippen molar-refractivity contribution in [3.63, 3.8) is 0 Å². The molecule has 2 atom stereocenters. The number of thiophene rings is 1. The van der Waals surface area contributed by atoms with Crippen molar-refractivity contribution in [1.29, 1.82) is 0 Å².